The maximum Gasteiger partial charge on any atom is 0.260 e. The van der Waals surface area contributed by atoms with Crippen LogP contribution in [0.2, 0.25) is 0 Å². The van der Waals surface area contributed by atoms with E-state index in [1.807, 2.05) is 12.1 Å². The van der Waals surface area contributed by atoms with Gasteiger partial charge in [-0.3, -0.25) is 9.59 Å². The molecule has 0 bridgehead atoms. The predicted molar refractivity (Wildman–Crippen MR) is 105 cm³/mol. The quantitative estimate of drug-likeness (QED) is 0.687. The number of para-hydroxylation sites is 2. The van der Waals surface area contributed by atoms with Crippen LogP contribution >= 0.6 is 0 Å². The second kappa shape index (κ2) is 9.26. The van der Waals surface area contributed by atoms with Crippen molar-refractivity contribution in [2.75, 3.05) is 33.9 Å². The Balaban J connectivity index is 1.59. The van der Waals surface area contributed by atoms with Crippen molar-refractivity contribution in [2.45, 2.75) is 12.8 Å². The first-order valence-corrected chi connectivity index (χ1v) is 9.34. The number of ether oxygens (including phenoxy) is 3. The SMILES string of the molecule is COc1ccc(C(=O)C2CCCN(C(=O)COc3ccccc3OC)C2)cc1. The van der Waals surface area contributed by atoms with Crippen LogP contribution < -0.4 is 14.2 Å². The van der Waals surface area contributed by atoms with Crippen molar-refractivity contribution in [2.24, 2.45) is 5.92 Å². The molecule has 148 valence electrons. The molecule has 1 fully saturated rings. The normalized spacial score (nSPS) is 16.4. The molecule has 3 rings (SSSR count). The fourth-order valence-electron chi connectivity index (χ4n) is 3.38. The van der Waals surface area contributed by atoms with Gasteiger partial charge in [0.05, 0.1) is 14.2 Å². The highest BCUT2D eigenvalue weighted by molar-refractivity contribution is 5.98. The number of methoxy groups -OCH3 is 2. The van der Waals surface area contributed by atoms with Gasteiger partial charge in [-0.15, -0.1) is 0 Å². The van der Waals surface area contributed by atoms with Crippen molar-refractivity contribution < 1.29 is 23.8 Å². The van der Waals surface area contributed by atoms with Crippen LogP contribution in [0.25, 0.3) is 0 Å². The number of Topliss-reactive ketones (excluding diaryl/α,β-unsaturated/α-hetero) is 1. The van der Waals surface area contributed by atoms with Crippen molar-refractivity contribution in [1.29, 1.82) is 0 Å². The van der Waals surface area contributed by atoms with Crippen LogP contribution in [0.3, 0.4) is 0 Å². The van der Waals surface area contributed by atoms with Crippen LogP contribution in [-0.2, 0) is 4.79 Å². The molecule has 0 radical (unpaired) electrons. The van der Waals surface area contributed by atoms with Gasteiger partial charge in [-0.2, -0.15) is 0 Å². The van der Waals surface area contributed by atoms with Gasteiger partial charge >= 0.3 is 0 Å². The summed E-state index contributed by atoms with van der Waals surface area (Å²) in [7, 11) is 3.15. The molecule has 1 amide bonds. The zero-order valence-corrected chi connectivity index (χ0v) is 16.2. The van der Waals surface area contributed by atoms with Crippen LogP contribution in [0.1, 0.15) is 23.2 Å². The van der Waals surface area contributed by atoms with Gasteiger partial charge in [0.1, 0.15) is 5.75 Å². The van der Waals surface area contributed by atoms with Crippen molar-refractivity contribution in [1.82, 2.24) is 4.90 Å². The molecule has 6 nitrogen and oxygen atoms in total. The van der Waals surface area contributed by atoms with Crippen LogP contribution in [0.4, 0.5) is 0 Å². The molecular weight excluding hydrogens is 358 g/mol. The Morgan fingerprint density at radius 2 is 1.71 bits per heavy atom. The van der Waals surface area contributed by atoms with Gasteiger partial charge in [0.25, 0.3) is 5.91 Å². The number of ketones is 1. The predicted octanol–water partition coefficient (Wildman–Crippen LogP) is 3.20. The summed E-state index contributed by atoms with van der Waals surface area (Å²) in [5.74, 6) is 1.56. The zero-order chi connectivity index (χ0) is 19.9. The number of likely N-dealkylation sites (tertiary alicyclic amines) is 1. The first-order chi connectivity index (χ1) is 13.6. The summed E-state index contributed by atoms with van der Waals surface area (Å²) in [6, 6.07) is 14.3. The Hall–Kier alpha value is -3.02. The number of benzene rings is 2. The van der Waals surface area contributed by atoms with E-state index in [1.54, 1.807) is 55.5 Å². The van der Waals surface area contributed by atoms with Crippen molar-refractivity contribution >= 4 is 11.7 Å². The first-order valence-electron chi connectivity index (χ1n) is 9.34. The second-order valence-corrected chi connectivity index (χ2v) is 6.71. The summed E-state index contributed by atoms with van der Waals surface area (Å²) < 4.78 is 16.0. The molecule has 1 aliphatic heterocycles. The fourth-order valence-corrected chi connectivity index (χ4v) is 3.38. The summed E-state index contributed by atoms with van der Waals surface area (Å²) in [6.45, 7) is 0.976. The molecule has 1 aliphatic rings. The number of carbonyl (C=O) groups excluding carboxylic acids is 2. The standard InChI is InChI=1S/C22H25NO5/c1-26-18-11-9-16(10-12-18)22(25)17-6-5-13-23(14-17)21(24)15-28-20-8-4-3-7-19(20)27-2/h3-4,7-12,17H,5-6,13-15H2,1-2H3. The lowest BCUT2D eigenvalue weighted by atomic mass is 9.90. The van der Waals surface area contributed by atoms with E-state index < -0.39 is 0 Å². The average molecular weight is 383 g/mol. The minimum absolute atomic E-state index is 0.0609. The third-order valence-corrected chi connectivity index (χ3v) is 4.94. The Morgan fingerprint density at radius 1 is 1.00 bits per heavy atom. The van der Waals surface area contributed by atoms with Gasteiger partial charge in [-0.05, 0) is 49.2 Å². The van der Waals surface area contributed by atoms with Gasteiger partial charge in [-0.25, -0.2) is 0 Å². The molecule has 2 aromatic rings. The van der Waals surface area contributed by atoms with Crippen LogP contribution in [0.15, 0.2) is 48.5 Å². The van der Waals surface area contributed by atoms with E-state index in [1.165, 1.54) is 0 Å². The number of hydrogen-bond acceptors (Lipinski definition) is 5. The molecule has 1 unspecified atom stereocenters. The summed E-state index contributed by atoms with van der Waals surface area (Å²) in [5, 5.41) is 0. The highest BCUT2D eigenvalue weighted by Crippen LogP contribution is 2.26. The summed E-state index contributed by atoms with van der Waals surface area (Å²) in [5.41, 5.74) is 0.644. The molecule has 0 saturated carbocycles. The van der Waals surface area contributed by atoms with Gasteiger partial charge in [0.2, 0.25) is 0 Å². The number of piperidine rings is 1. The van der Waals surface area contributed by atoms with Gasteiger partial charge in [-0.1, -0.05) is 12.1 Å². The average Bonchev–Trinajstić information content (AvgIpc) is 2.77. The van der Waals surface area contributed by atoms with Crippen molar-refractivity contribution in [3.63, 3.8) is 0 Å². The summed E-state index contributed by atoms with van der Waals surface area (Å²) in [6.07, 6.45) is 1.58. The smallest absolute Gasteiger partial charge is 0.260 e. The molecule has 6 heteroatoms. The zero-order valence-electron chi connectivity index (χ0n) is 16.2. The summed E-state index contributed by atoms with van der Waals surface area (Å²) >= 11 is 0. The highest BCUT2D eigenvalue weighted by atomic mass is 16.5. The number of hydrogen-bond donors (Lipinski definition) is 0. The molecule has 0 spiro atoms. The Morgan fingerprint density at radius 3 is 2.39 bits per heavy atom. The van der Waals surface area contributed by atoms with E-state index in [0.717, 1.165) is 12.8 Å². The lowest BCUT2D eigenvalue weighted by Gasteiger charge is -2.32. The third-order valence-electron chi connectivity index (χ3n) is 4.94. The van der Waals surface area contributed by atoms with Crippen LogP contribution in [-0.4, -0.2) is 50.5 Å². The molecular formula is C22H25NO5. The Labute approximate surface area is 165 Å². The third kappa shape index (κ3) is 4.63. The van der Waals surface area contributed by atoms with E-state index >= 15 is 0 Å². The van der Waals surface area contributed by atoms with E-state index in [-0.39, 0.29) is 24.2 Å². The largest absolute Gasteiger partial charge is 0.497 e. The molecule has 1 saturated heterocycles. The molecule has 2 aromatic carbocycles. The molecule has 1 heterocycles. The van der Waals surface area contributed by atoms with E-state index in [4.69, 9.17) is 14.2 Å². The monoisotopic (exact) mass is 383 g/mol. The van der Waals surface area contributed by atoms with Crippen molar-refractivity contribution in [3.05, 3.63) is 54.1 Å². The fraction of sp³-hybridized carbons (Fsp3) is 0.364. The van der Waals surface area contributed by atoms with Gasteiger partial charge < -0.3 is 19.1 Å². The number of rotatable bonds is 7. The first kappa shape index (κ1) is 19.7. The van der Waals surface area contributed by atoms with Gasteiger partial charge in [0.15, 0.2) is 23.9 Å². The maximum atomic E-state index is 12.8. The summed E-state index contributed by atoms with van der Waals surface area (Å²) in [4.78, 5) is 27.1. The molecule has 0 aliphatic carbocycles. The van der Waals surface area contributed by atoms with Crippen molar-refractivity contribution in [3.8, 4) is 17.2 Å². The number of carbonyl (C=O) groups is 2. The van der Waals surface area contributed by atoms with Crippen LogP contribution in [0, 0.1) is 5.92 Å². The molecule has 0 aromatic heterocycles. The number of nitrogens with zero attached hydrogens (tertiary/aromatic N) is 1. The van der Waals surface area contributed by atoms with E-state index in [2.05, 4.69) is 0 Å². The van der Waals surface area contributed by atoms with Crippen LogP contribution in [0.5, 0.6) is 17.2 Å². The Kier molecular flexibility index (Phi) is 6.53. The maximum absolute atomic E-state index is 12.8. The lowest BCUT2D eigenvalue weighted by molar-refractivity contribution is -0.134. The molecule has 28 heavy (non-hydrogen) atoms. The second-order valence-electron chi connectivity index (χ2n) is 6.71. The Bertz CT molecular complexity index is 818. The molecule has 1 atom stereocenters. The van der Waals surface area contributed by atoms with Gasteiger partial charge in [0, 0.05) is 24.6 Å². The minimum Gasteiger partial charge on any atom is -0.497 e. The van der Waals surface area contributed by atoms with E-state index in [9.17, 15) is 9.59 Å². The lowest BCUT2D eigenvalue weighted by Crippen LogP contribution is -2.44. The number of amides is 1. The van der Waals surface area contributed by atoms with E-state index in [0.29, 0.717) is 35.9 Å². The minimum atomic E-state index is -0.197. The molecule has 0 N–H and O–H groups in total. The topological polar surface area (TPSA) is 65.1 Å². The highest BCUT2D eigenvalue weighted by Gasteiger charge is 2.29.